The molecular weight excluding hydrogens is 452 g/mol. The molecule has 0 amide bonds. The van der Waals surface area contributed by atoms with E-state index in [1.165, 1.54) is 18.2 Å². The molecule has 3 rings (SSSR count). The maximum Gasteiger partial charge on any atom is 0.416 e. The molecule has 0 radical (unpaired) electrons. The summed E-state index contributed by atoms with van der Waals surface area (Å²) in [4.78, 5) is 5.75. The Morgan fingerprint density at radius 2 is 2.00 bits per heavy atom. The maximum absolute atomic E-state index is 13.6. The Labute approximate surface area is 187 Å². The Hall–Kier alpha value is -2.65. The highest BCUT2D eigenvalue weighted by Gasteiger charge is 2.31. The Balaban J connectivity index is 1.76. The summed E-state index contributed by atoms with van der Waals surface area (Å²) < 4.78 is 54.7. The van der Waals surface area contributed by atoms with E-state index in [1.807, 2.05) is 10.8 Å². The van der Waals surface area contributed by atoms with Crippen molar-refractivity contribution in [3.8, 4) is 0 Å². The summed E-state index contributed by atoms with van der Waals surface area (Å²) in [5.74, 6) is -0.379. The second-order valence-electron chi connectivity index (χ2n) is 6.83. The van der Waals surface area contributed by atoms with Crippen LogP contribution in [0, 0.1) is 5.82 Å². The number of halogens is 5. The second kappa shape index (κ2) is 10.1. The van der Waals surface area contributed by atoms with Gasteiger partial charge in [-0.05, 0) is 54.5 Å². The van der Waals surface area contributed by atoms with Gasteiger partial charge in [0.2, 0.25) is 0 Å². The quantitative estimate of drug-likeness (QED) is 0.340. The fourth-order valence-corrected chi connectivity index (χ4v) is 3.39. The van der Waals surface area contributed by atoms with Crippen LogP contribution in [-0.4, -0.2) is 26.1 Å². The molecule has 3 aromatic rings. The zero-order chi connectivity index (χ0) is 22.4. The van der Waals surface area contributed by atoms with E-state index in [4.69, 9.17) is 23.8 Å². The molecule has 1 N–H and O–H groups in total. The van der Waals surface area contributed by atoms with Gasteiger partial charge in [-0.3, -0.25) is 0 Å². The first-order valence-electron chi connectivity index (χ1n) is 9.35. The third-order valence-electron chi connectivity index (χ3n) is 4.49. The molecule has 31 heavy (non-hydrogen) atoms. The van der Waals surface area contributed by atoms with Crippen LogP contribution in [0.3, 0.4) is 0 Å². The number of rotatable bonds is 7. The SMILES string of the molecule is Fc1cccc(CN(CCCn2ccnc2)C(=S)Nc2cc(C(F)(F)F)ccc2Cl)c1. The lowest BCUT2D eigenvalue weighted by molar-refractivity contribution is -0.137. The highest BCUT2D eigenvalue weighted by atomic mass is 35.5. The fourth-order valence-electron chi connectivity index (χ4n) is 2.96. The molecule has 1 heterocycles. The summed E-state index contributed by atoms with van der Waals surface area (Å²) in [6, 6.07) is 9.08. The minimum absolute atomic E-state index is 0.0559. The first-order chi connectivity index (χ1) is 14.7. The molecule has 2 aromatic carbocycles. The normalized spacial score (nSPS) is 11.4. The monoisotopic (exact) mass is 470 g/mol. The number of thiocarbonyl (C=S) groups is 1. The number of alkyl halides is 3. The number of benzene rings is 2. The molecule has 0 atom stereocenters. The predicted octanol–water partition coefficient (Wildman–Crippen LogP) is 5.98. The molecule has 0 aliphatic heterocycles. The number of hydrogen-bond donors (Lipinski definition) is 1. The maximum atomic E-state index is 13.6. The smallest absolute Gasteiger partial charge is 0.345 e. The van der Waals surface area contributed by atoms with Gasteiger partial charge in [-0.25, -0.2) is 9.37 Å². The molecule has 0 aliphatic carbocycles. The lowest BCUT2D eigenvalue weighted by Crippen LogP contribution is -2.35. The van der Waals surface area contributed by atoms with Crippen LogP contribution in [0.1, 0.15) is 17.5 Å². The van der Waals surface area contributed by atoms with Gasteiger partial charge in [0.05, 0.1) is 22.6 Å². The lowest BCUT2D eigenvalue weighted by atomic mass is 10.2. The van der Waals surface area contributed by atoms with Crippen LogP contribution in [0.2, 0.25) is 5.02 Å². The zero-order valence-electron chi connectivity index (χ0n) is 16.2. The summed E-state index contributed by atoms with van der Waals surface area (Å²) in [6.07, 6.45) is 1.37. The van der Waals surface area contributed by atoms with Crippen molar-refractivity contribution in [2.75, 3.05) is 11.9 Å². The number of imidazole rings is 1. The molecular formula is C21H19ClF4N4S. The number of nitrogens with zero attached hydrogens (tertiary/aromatic N) is 3. The van der Waals surface area contributed by atoms with Crippen molar-refractivity contribution < 1.29 is 17.6 Å². The molecule has 4 nitrogen and oxygen atoms in total. The molecule has 0 unspecified atom stereocenters. The van der Waals surface area contributed by atoms with Gasteiger partial charge in [0, 0.05) is 32.0 Å². The number of nitrogens with one attached hydrogen (secondary N) is 1. The van der Waals surface area contributed by atoms with Crippen LogP contribution in [0.15, 0.2) is 61.2 Å². The number of anilines is 1. The minimum Gasteiger partial charge on any atom is -0.345 e. The van der Waals surface area contributed by atoms with Crippen molar-refractivity contribution in [3.63, 3.8) is 0 Å². The van der Waals surface area contributed by atoms with Gasteiger partial charge in [-0.1, -0.05) is 23.7 Å². The predicted molar refractivity (Wildman–Crippen MR) is 116 cm³/mol. The summed E-state index contributed by atoms with van der Waals surface area (Å²) in [7, 11) is 0. The van der Waals surface area contributed by atoms with E-state index in [1.54, 1.807) is 29.6 Å². The van der Waals surface area contributed by atoms with Gasteiger partial charge in [0.15, 0.2) is 5.11 Å². The van der Waals surface area contributed by atoms with E-state index >= 15 is 0 Å². The van der Waals surface area contributed by atoms with Gasteiger partial charge in [0.1, 0.15) is 5.82 Å². The van der Waals surface area contributed by atoms with E-state index in [0.29, 0.717) is 25.1 Å². The highest BCUT2D eigenvalue weighted by molar-refractivity contribution is 7.80. The Morgan fingerprint density at radius 1 is 1.19 bits per heavy atom. The largest absolute Gasteiger partial charge is 0.416 e. The lowest BCUT2D eigenvalue weighted by Gasteiger charge is -2.27. The molecule has 0 fully saturated rings. The summed E-state index contributed by atoms with van der Waals surface area (Å²) in [5.41, 5.74) is -0.0961. The van der Waals surface area contributed by atoms with Crippen LogP contribution in [0.25, 0.3) is 0 Å². The highest BCUT2D eigenvalue weighted by Crippen LogP contribution is 2.34. The van der Waals surface area contributed by atoms with Crippen LogP contribution in [0.4, 0.5) is 23.2 Å². The van der Waals surface area contributed by atoms with E-state index in [-0.39, 0.29) is 28.2 Å². The molecule has 0 spiro atoms. The first-order valence-corrected chi connectivity index (χ1v) is 10.1. The number of hydrogen-bond acceptors (Lipinski definition) is 2. The third kappa shape index (κ3) is 6.67. The average Bonchev–Trinajstić information content (AvgIpc) is 3.21. The number of aryl methyl sites for hydroxylation is 1. The van der Waals surface area contributed by atoms with Crippen molar-refractivity contribution in [1.29, 1.82) is 0 Å². The molecule has 10 heteroatoms. The van der Waals surface area contributed by atoms with Gasteiger partial charge in [-0.2, -0.15) is 13.2 Å². The average molecular weight is 471 g/mol. The summed E-state index contributed by atoms with van der Waals surface area (Å²) in [6.45, 7) is 1.44. The van der Waals surface area contributed by atoms with Crippen LogP contribution < -0.4 is 5.32 Å². The second-order valence-corrected chi connectivity index (χ2v) is 7.62. The van der Waals surface area contributed by atoms with E-state index < -0.39 is 11.7 Å². The number of aromatic nitrogens is 2. The first kappa shape index (κ1) is 23.0. The van der Waals surface area contributed by atoms with Crippen LogP contribution >= 0.6 is 23.8 Å². The van der Waals surface area contributed by atoms with Crippen molar-refractivity contribution in [2.24, 2.45) is 0 Å². The molecule has 1 aromatic heterocycles. The molecule has 164 valence electrons. The topological polar surface area (TPSA) is 33.1 Å². The summed E-state index contributed by atoms with van der Waals surface area (Å²) >= 11 is 11.5. The van der Waals surface area contributed by atoms with E-state index in [2.05, 4.69) is 10.3 Å². The molecule has 0 bridgehead atoms. The summed E-state index contributed by atoms with van der Waals surface area (Å²) in [5, 5.41) is 3.12. The fraction of sp³-hybridized carbons (Fsp3) is 0.238. The van der Waals surface area contributed by atoms with E-state index in [9.17, 15) is 17.6 Å². The minimum atomic E-state index is -4.51. The van der Waals surface area contributed by atoms with Gasteiger partial charge in [-0.15, -0.1) is 0 Å². The molecule has 0 saturated heterocycles. The van der Waals surface area contributed by atoms with Crippen LogP contribution in [0.5, 0.6) is 0 Å². The van der Waals surface area contributed by atoms with Crippen LogP contribution in [-0.2, 0) is 19.3 Å². The van der Waals surface area contributed by atoms with Gasteiger partial charge < -0.3 is 14.8 Å². The third-order valence-corrected chi connectivity index (χ3v) is 5.18. The Kier molecular flexibility index (Phi) is 7.50. The van der Waals surface area contributed by atoms with E-state index in [0.717, 1.165) is 12.1 Å². The van der Waals surface area contributed by atoms with Gasteiger partial charge >= 0.3 is 6.18 Å². The molecule has 0 saturated carbocycles. The van der Waals surface area contributed by atoms with Crippen molar-refractivity contribution in [3.05, 3.63) is 83.2 Å². The van der Waals surface area contributed by atoms with Crippen molar-refractivity contribution >= 4 is 34.6 Å². The Bertz CT molecular complexity index is 1020. The van der Waals surface area contributed by atoms with Crippen molar-refractivity contribution in [1.82, 2.24) is 14.5 Å². The molecule has 0 aliphatic rings. The van der Waals surface area contributed by atoms with Gasteiger partial charge in [0.25, 0.3) is 0 Å². The van der Waals surface area contributed by atoms with Crippen molar-refractivity contribution in [2.45, 2.75) is 25.7 Å². The standard InChI is InChI=1S/C21H19ClF4N4S/c22-18-6-5-16(21(24,25)26)12-19(18)28-20(31)30(9-2-8-29-10-7-27-14-29)13-15-3-1-4-17(23)11-15/h1,3-7,10-12,14H,2,8-9,13H2,(H,28,31). The zero-order valence-corrected chi connectivity index (χ0v) is 17.8. The Morgan fingerprint density at radius 3 is 2.68 bits per heavy atom.